The van der Waals surface area contributed by atoms with Gasteiger partial charge in [-0.2, -0.15) is 0 Å². The molecule has 2 N–H and O–H groups in total. The first-order valence-corrected chi connectivity index (χ1v) is 10.7. The molecule has 1 aromatic carbocycles. The van der Waals surface area contributed by atoms with Gasteiger partial charge in [-0.1, -0.05) is 62.9 Å². The third kappa shape index (κ3) is 7.27. The number of esters is 1. The molecule has 156 valence electrons. The van der Waals surface area contributed by atoms with Crippen molar-refractivity contribution in [3.8, 4) is 0 Å². The number of aliphatic hydroxyl groups is 1. The lowest BCUT2D eigenvalue weighted by atomic mass is 9.79. The SMILES string of the molecule is CCCCC[C@H]1CC[C@H](C(=O)N[C@@H](C(=O)OCc2ccccc2)[C@@H](C)O)CC1. The van der Waals surface area contributed by atoms with E-state index < -0.39 is 18.1 Å². The van der Waals surface area contributed by atoms with Crippen LogP contribution in [0.15, 0.2) is 30.3 Å². The first kappa shape index (κ1) is 22.4. The molecular formula is C23H35NO4. The van der Waals surface area contributed by atoms with Crippen LogP contribution in [-0.2, 0) is 20.9 Å². The maximum Gasteiger partial charge on any atom is 0.331 e. The van der Waals surface area contributed by atoms with Crippen LogP contribution in [0.2, 0.25) is 0 Å². The Balaban J connectivity index is 1.79. The van der Waals surface area contributed by atoms with Gasteiger partial charge < -0.3 is 15.2 Å². The van der Waals surface area contributed by atoms with Crippen molar-refractivity contribution in [3.05, 3.63) is 35.9 Å². The predicted molar refractivity (Wildman–Crippen MR) is 109 cm³/mol. The first-order valence-electron chi connectivity index (χ1n) is 10.7. The quantitative estimate of drug-likeness (QED) is 0.469. The van der Waals surface area contributed by atoms with Crippen molar-refractivity contribution in [1.82, 2.24) is 5.32 Å². The number of rotatable bonds is 10. The molecule has 0 bridgehead atoms. The molecule has 0 heterocycles. The van der Waals surface area contributed by atoms with Crippen LogP contribution in [0.3, 0.4) is 0 Å². The molecule has 1 aromatic rings. The number of ether oxygens (including phenoxy) is 1. The largest absolute Gasteiger partial charge is 0.459 e. The van der Waals surface area contributed by atoms with E-state index in [-0.39, 0.29) is 18.4 Å². The molecule has 0 radical (unpaired) electrons. The second-order valence-corrected chi connectivity index (χ2v) is 8.03. The monoisotopic (exact) mass is 389 g/mol. The van der Waals surface area contributed by atoms with Crippen LogP contribution in [0.5, 0.6) is 0 Å². The van der Waals surface area contributed by atoms with Crippen LogP contribution in [0.4, 0.5) is 0 Å². The highest BCUT2D eigenvalue weighted by Gasteiger charge is 2.32. The molecule has 28 heavy (non-hydrogen) atoms. The molecule has 2 rings (SSSR count). The smallest absolute Gasteiger partial charge is 0.331 e. The van der Waals surface area contributed by atoms with Crippen LogP contribution >= 0.6 is 0 Å². The van der Waals surface area contributed by atoms with E-state index >= 15 is 0 Å². The summed E-state index contributed by atoms with van der Waals surface area (Å²) in [5, 5.41) is 12.7. The topological polar surface area (TPSA) is 75.6 Å². The number of nitrogens with one attached hydrogen (secondary N) is 1. The van der Waals surface area contributed by atoms with Crippen molar-refractivity contribution in [2.24, 2.45) is 11.8 Å². The van der Waals surface area contributed by atoms with Crippen molar-refractivity contribution in [3.63, 3.8) is 0 Å². The van der Waals surface area contributed by atoms with E-state index in [0.717, 1.165) is 37.2 Å². The average molecular weight is 390 g/mol. The first-order chi connectivity index (χ1) is 13.5. The Kier molecular flexibility index (Phi) is 9.48. The van der Waals surface area contributed by atoms with Crippen LogP contribution in [0.1, 0.15) is 70.8 Å². The molecule has 2 atom stereocenters. The summed E-state index contributed by atoms with van der Waals surface area (Å²) >= 11 is 0. The summed E-state index contributed by atoms with van der Waals surface area (Å²) in [6, 6.07) is 8.33. The minimum atomic E-state index is -1.03. The highest BCUT2D eigenvalue weighted by atomic mass is 16.5. The van der Waals surface area contributed by atoms with Gasteiger partial charge in [-0.05, 0) is 44.1 Å². The number of amides is 1. The number of benzene rings is 1. The molecule has 1 amide bonds. The summed E-state index contributed by atoms with van der Waals surface area (Å²) < 4.78 is 5.30. The Morgan fingerprint density at radius 2 is 1.82 bits per heavy atom. The molecule has 0 aromatic heterocycles. The van der Waals surface area contributed by atoms with Gasteiger partial charge in [-0.3, -0.25) is 4.79 Å². The van der Waals surface area contributed by atoms with E-state index in [1.54, 1.807) is 0 Å². The lowest BCUT2D eigenvalue weighted by Crippen LogP contribution is -2.50. The zero-order valence-corrected chi connectivity index (χ0v) is 17.2. The van der Waals surface area contributed by atoms with Crippen molar-refractivity contribution in [1.29, 1.82) is 0 Å². The fourth-order valence-corrected chi connectivity index (χ4v) is 3.86. The fraction of sp³-hybridized carbons (Fsp3) is 0.652. The maximum atomic E-state index is 12.6. The van der Waals surface area contributed by atoms with Gasteiger partial charge in [0.15, 0.2) is 6.04 Å². The van der Waals surface area contributed by atoms with Gasteiger partial charge in [0.05, 0.1) is 6.10 Å². The molecule has 0 aliphatic heterocycles. The molecule has 1 fully saturated rings. The lowest BCUT2D eigenvalue weighted by molar-refractivity contribution is -0.152. The summed E-state index contributed by atoms with van der Waals surface area (Å²) in [5.41, 5.74) is 0.868. The number of carbonyl (C=O) groups is 2. The highest BCUT2D eigenvalue weighted by molar-refractivity contribution is 5.86. The van der Waals surface area contributed by atoms with Crippen LogP contribution < -0.4 is 5.32 Å². The molecule has 0 spiro atoms. The van der Waals surface area contributed by atoms with Crippen molar-refractivity contribution < 1.29 is 19.4 Å². The Hall–Kier alpha value is -1.88. The van der Waals surface area contributed by atoms with Crippen LogP contribution in [0.25, 0.3) is 0 Å². The van der Waals surface area contributed by atoms with Gasteiger partial charge in [0, 0.05) is 5.92 Å². The van der Waals surface area contributed by atoms with Gasteiger partial charge in [-0.15, -0.1) is 0 Å². The van der Waals surface area contributed by atoms with Crippen LogP contribution in [0, 0.1) is 11.8 Å². The van der Waals surface area contributed by atoms with Gasteiger partial charge in [-0.25, -0.2) is 4.79 Å². The Morgan fingerprint density at radius 3 is 2.43 bits per heavy atom. The van der Waals surface area contributed by atoms with Gasteiger partial charge >= 0.3 is 5.97 Å². The van der Waals surface area contributed by atoms with E-state index in [0.29, 0.717) is 0 Å². The highest BCUT2D eigenvalue weighted by Crippen LogP contribution is 2.32. The second kappa shape index (κ2) is 11.8. The fourth-order valence-electron chi connectivity index (χ4n) is 3.86. The minimum Gasteiger partial charge on any atom is -0.459 e. The molecule has 5 nitrogen and oxygen atoms in total. The normalized spacial score (nSPS) is 21.5. The second-order valence-electron chi connectivity index (χ2n) is 8.03. The Labute approximate surface area is 168 Å². The molecule has 1 aliphatic carbocycles. The van der Waals surface area contributed by atoms with Crippen molar-refractivity contribution in [2.45, 2.75) is 84.0 Å². The summed E-state index contributed by atoms with van der Waals surface area (Å²) in [6.45, 7) is 3.84. The summed E-state index contributed by atoms with van der Waals surface area (Å²) in [7, 11) is 0. The van der Waals surface area contributed by atoms with Crippen LogP contribution in [-0.4, -0.2) is 29.1 Å². The Bertz CT molecular complexity index is 594. The number of aliphatic hydroxyl groups excluding tert-OH is 1. The Morgan fingerprint density at radius 1 is 1.14 bits per heavy atom. The van der Waals surface area contributed by atoms with E-state index in [1.807, 2.05) is 30.3 Å². The maximum absolute atomic E-state index is 12.6. The van der Waals surface area contributed by atoms with E-state index in [9.17, 15) is 14.7 Å². The molecule has 0 saturated heterocycles. The van der Waals surface area contributed by atoms with E-state index in [4.69, 9.17) is 4.74 Å². The van der Waals surface area contributed by atoms with E-state index in [1.165, 1.54) is 32.6 Å². The summed E-state index contributed by atoms with van der Waals surface area (Å²) in [5.74, 6) is -0.0976. The number of hydrogen-bond donors (Lipinski definition) is 2. The van der Waals surface area contributed by atoms with E-state index in [2.05, 4.69) is 12.2 Å². The number of carbonyl (C=O) groups excluding carboxylic acids is 2. The van der Waals surface area contributed by atoms with Gasteiger partial charge in [0.25, 0.3) is 0 Å². The zero-order valence-electron chi connectivity index (χ0n) is 17.2. The van der Waals surface area contributed by atoms with Gasteiger partial charge in [0.2, 0.25) is 5.91 Å². The molecule has 5 heteroatoms. The third-order valence-corrected chi connectivity index (χ3v) is 5.69. The number of hydrogen-bond acceptors (Lipinski definition) is 4. The summed E-state index contributed by atoms with van der Waals surface area (Å²) in [6.07, 6.45) is 7.89. The van der Waals surface area contributed by atoms with Gasteiger partial charge in [0.1, 0.15) is 6.61 Å². The van der Waals surface area contributed by atoms with Crippen molar-refractivity contribution >= 4 is 11.9 Å². The average Bonchev–Trinajstić information content (AvgIpc) is 2.71. The third-order valence-electron chi connectivity index (χ3n) is 5.69. The standard InChI is InChI=1S/C23H35NO4/c1-3-4-6-9-18-12-14-20(15-13-18)22(26)24-21(17(2)25)23(27)28-16-19-10-7-5-8-11-19/h5,7-8,10-11,17-18,20-21,25H,3-4,6,9,12-16H2,1-2H3,(H,24,26)/t17-,18-,20-,21-/m1/s1. The molecular weight excluding hydrogens is 354 g/mol. The predicted octanol–water partition coefficient (Wildman–Crippen LogP) is 3.98. The number of unbranched alkanes of at least 4 members (excludes halogenated alkanes) is 2. The lowest BCUT2D eigenvalue weighted by Gasteiger charge is -2.29. The molecule has 1 aliphatic rings. The summed E-state index contributed by atoms with van der Waals surface area (Å²) in [4.78, 5) is 25.0. The molecule has 0 unspecified atom stereocenters. The molecule has 1 saturated carbocycles. The van der Waals surface area contributed by atoms with Crippen molar-refractivity contribution in [2.75, 3.05) is 0 Å². The minimum absolute atomic E-state index is 0.0781. The zero-order chi connectivity index (χ0) is 20.4.